The zero-order valence-corrected chi connectivity index (χ0v) is 14.3. The van der Waals surface area contributed by atoms with E-state index in [1.54, 1.807) is 6.92 Å². The van der Waals surface area contributed by atoms with Crippen molar-refractivity contribution in [2.75, 3.05) is 0 Å². The number of aryl methyl sites for hydroxylation is 1. The summed E-state index contributed by atoms with van der Waals surface area (Å²) in [5.74, 6) is -0.521. The average Bonchev–Trinajstić information content (AvgIpc) is 2.51. The monoisotopic (exact) mass is 320 g/mol. The Kier molecular flexibility index (Phi) is 6.68. The third kappa shape index (κ3) is 5.05. The molecule has 0 aliphatic heterocycles. The first kappa shape index (κ1) is 18.6. The van der Waals surface area contributed by atoms with E-state index in [-0.39, 0.29) is 5.69 Å². The van der Waals surface area contributed by atoms with Crippen molar-refractivity contribution in [1.82, 2.24) is 15.3 Å². The minimum Gasteiger partial charge on any atom is -0.456 e. The number of nitrogens with one attached hydrogen (secondary N) is 1. The molecule has 7 heteroatoms. The Morgan fingerprint density at radius 1 is 1.35 bits per heavy atom. The highest BCUT2D eigenvalue weighted by Gasteiger charge is 2.19. The van der Waals surface area contributed by atoms with E-state index in [1.165, 1.54) is 13.1 Å². The maximum absolute atomic E-state index is 12.3. The van der Waals surface area contributed by atoms with Gasteiger partial charge in [-0.25, -0.2) is 4.98 Å². The normalized spacial score (nSPS) is 13.1. The van der Waals surface area contributed by atoms with Crippen LogP contribution in [0.2, 0.25) is 0 Å². The summed E-state index contributed by atoms with van der Waals surface area (Å²) >= 11 is 0. The van der Waals surface area contributed by atoms with Crippen molar-refractivity contribution in [1.29, 1.82) is 0 Å². The second-order valence-electron chi connectivity index (χ2n) is 5.24. The van der Waals surface area contributed by atoms with E-state index < -0.39 is 18.0 Å². The molecule has 0 aromatic carbocycles. The summed E-state index contributed by atoms with van der Waals surface area (Å²) in [6.07, 6.45) is 2.26. The smallest absolute Gasteiger partial charge is 0.303 e. The molecule has 0 aliphatic carbocycles. The highest BCUT2D eigenvalue weighted by Crippen LogP contribution is 2.19. The van der Waals surface area contributed by atoms with Gasteiger partial charge >= 0.3 is 5.97 Å². The Hall–Kier alpha value is -2.44. The summed E-state index contributed by atoms with van der Waals surface area (Å²) in [5.41, 5.74) is 7.80. The maximum Gasteiger partial charge on any atom is 0.303 e. The van der Waals surface area contributed by atoms with E-state index in [0.717, 1.165) is 12.0 Å². The van der Waals surface area contributed by atoms with Gasteiger partial charge in [0.2, 0.25) is 0 Å². The molecule has 1 aromatic heterocycles. The average molecular weight is 320 g/mol. The number of ether oxygens (including phenoxy) is 1. The fraction of sp³-hybridized carbons (Fsp3) is 0.500. The van der Waals surface area contributed by atoms with Crippen LogP contribution in [0.3, 0.4) is 0 Å². The lowest BCUT2D eigenvalue weighted by molar-refractivity contribution is -0.147. The van der Waals surface area contributed by atoms with Crippen molar-refractivity contribution in [2.45, 2.75) is 53.6 Å². The molecule has 0 bridgehead atoms. The van der Waals surface area contributed by atoms with Crippen LogP contribution in [0.5, 0.6) is 0 Å². The minimum absolute atomic E-state index is 0.167. The van der Waals surface area contributed by atoms with Crippen LogP contribution >= 0.6 is 0 Å². The second kappa shape index (κ2) is 8.26. The van der Waals surface area contributed by atoms with Crippen LogP contribution < -0.4 is 11.1 Å². The molecule has 1 rings (SSSR count). The number of allylic oxidation sites excluding steroid dienone is 1. The topological polar surface area (TPSA) is 107 Å². The fourth-order valence-electron chi connectivity index (χ4n) is 1.87. The van der Waals surface area contributed by atoms with E-state index in [0.29, 0.717) is 23.6 Å². The molecule has 3 N–H and O–H groups in total. The molecule has 0 fully saturated rings. The summed E-state index contributed by atoms with van der Waals surface area (Å²) in [7, 11) is 0. The molecule has 1 atom stereocenters. The maximum atomic E-state index is 12.3. The Bertz CT molecular complexity index is 626. The van der Waals surface area contributed by atoms with E-state index in [1.807, 2.05) is 20.8 Å². The van der Waals surface area contributed by atoms with Gasteiger partial charge in [0.25, 0.3) is 5.91 Å². The van der Waals surface area contributed by atoms with Gasteiger partial charge in [0.15, 0.2) is 0 Å². The van der Waals surface area contributed by atoms with Gasteiger partial charge in [-0.3, -0.25) is 14.6 Å². The number of carbonyl (C=O) groups is 2. The van der Waals surface area contributed by atoms with Crippen molar-refractivity contribution >= 4 is 11.9 Å². The number of nitrogens with zero attached hydrogens (tertiary/aromatic N) is 2. The summed E-state index contributed by atoms with van der Waals surface area (Å²) < 4.78 is 5.19. The van der Waals surface area contributed by atoms with Crippen molar-refractivity contribution in [3.8, 4) is 0 Å². The molecule has 7 nitrogen and oxygen atoms in total. The predicted octanol–water partition coefficient (Wildman–Crippen LogP) is 2.13. The van der Waals surface area contributed by atoms with Crippen molar-refractivity contribution in [2.24, 2.45) is 5.73 Å². The third-order valence-corrected chi connectivity index (χ3v) is 3.44. The Balaban J connectivity index is 3.10. The van der Waals surface area contributed by atoms with Crippen molar-refractivity contribution in [3.63, 3.8) is 0 Å². The molecule has 1 amide bonds. The quantitative estimate of drug-likeness (QED) is 0.777. The Morgan fingerprint density at radius 2 is 2.00 bits per heavy atom. The molecule has 23 heavy (non-hydrogen) atoms. The van der Waals surface area contributed by atoms with Crippen molar-refractivity contribution in [3.05, 3.63) is 34.7 Å². The Morgan fingerprint density at radius 3 is 2.52 bits per heavy atom. The molecule has 0 saturated heterocycles. The van der Waals surface area contributed by atoms with Crippen LogP contribution in [-0.4, -0.2) is 21.8 Å². The number of carbonyl (C=O) groups excluding carboxylic acids is 2. The van der Waals surface area contributed by atoms with Crippen LogP contribution in [0.15, 0.2) is 17.6 Å². The number of hydrogen-bond donors (Lipinski definition) is 2. The zero-order chi connectivity index (χ0) is 17.6. The number of hydrogen-bond acceptors (Lipinski definition) is 6. The molecular formula is C16H24N4O3. The van der Waals surface area contributed by atoms with Gasteiger partial charge < -0.3 is 15.8 Å². The summed E-state index contributed by atoms with van der Waals surface area (Å²) in [6, 6.07) is 0. The van der Waals surface area contributed by atoms with Gasteiger partial charge in [-0.2, -0.15) is 0 Å². The minimum atomic E-state index is -0.530. The summed E-state index contributed by atoms with van der Waals surface area (Å²) in [4.78, 5) is 32.0. The molecule has 1 unspecified atom stereocenters. The lowest BCUT2D eigenvalue weighted by Gasteiger charge is -2.16. The second-order valence-corrected chi connectivity index (χ2v) is 5.24. The van der Waals surface area contributed by atoms with Crippen LogP contribution in [0.1, 0.15) is 68.5 Å². The van der Waals surface area contributed by atoms with Crippen LogP contribution in [0.25, 0.3) is 0 Å². The number of esters is 1. The van der Waals surface area contributed by atoms with E-state index in [2.05, 4.69) is 15.3 Å². The van der Waals surface area contributed by atoms with Gasteiger partial charge in [0.1, 0.15) is 23.3 Å². The molecule has 0 spiro atoms. The zero-order valence-electron chi connectivity index (χ0n) is 14.3. The fourth-order valence-corrected chi connectivity index (χ4v) is 1.87. The number of amides is 1. The predicted molar refractivity (Wildman–Crippen MR) is 86.2 cm³/mol. The summed E-state index contributed by atoms with van der Waals surface area (Å²) in [5, 5.41) is 2.62. The Labute approximate surface area is 136 Å². The SMILES string of the molecule is CCC(C)=C(N)NC(=O)c1nc(C(CC)OC(C)=O)cnc1C. The number of aromatic nitrogens is 2. The number of rotatable bonds is 6. The lowest BCUT2D eigenvalue weighted by Crippen LogP contribution is -2.30. The highest BCUT2D eigenvalue weighted by atomic mass is 16.5. The van der Waals surface area contributed by atoms with Crippen LogP contribution in [0, 0.1) is 6.92 Å². The first-order chi connectivity index (χ1) is 10.8. The van der Waals surface area contributed by atoms with Crippen molar-refractivity contribution < 1.29 is 14.3 Å². The van der Waals surface area contributed by atoms with E-state index in [4.69, 9.17) is 10.5 Å². The molecule has 126 valence electrons. The first-order valence-electron chi connectivity index (χ1n) is 7.57. The van der Waals surface area contributed by atoms with Gasteiger partial charge in [0, 0.05) is 6.92 Å². The molecule has 0 saturated carbocycles. The molecule has 0 aliphatic rings. The largest absolute Gasteiger partial charge is 0.456 e. The van der Waals surface area contributed by atoms with Crippen LogP contribution in [0.4, 0.5) is 0 Å². The van der Waals surface area contributed by atoms with Gasteiger partial charge in [0.05, 0.1) is 11.9 Å². The third-order valence-electron chi connectivity index (χ3n) is 3.44. The first-order valence-corrected chi connectivity index (χ1v) is 7.57. The van der Waals surface area contributed by atoms with Gasteiger partial charge in [-0.05, 0) is 32.3 Å². The van der Waals surface area contributed by atoms with Gasteiger partial charge in [-0.15, -0.1) is 0 Å². The summed E-state index contributed by atoms with van der Waals surface area (Å²) in [6.45, 7) is 8.67. The van der Waals surface area contributed by atoms with E-state index in [9.17, 15) is 9.59 Å². The molecule has 0 radical (unpaired) electrons. The molecular weight excluding hydrogens is 296 g/mol. The number of nitrogens with two attached hydrogens (primary N) is 1. The van der Waals surface area contributed by atoms with Gasteiger partial charge in [-0.1, -0.05) is 13.8 Å². The van der Waals surface area contributed by atoms with Crippen LogP contribution in [-0.2, 0) is 9.53 Å². The molecule has 1 aromatic rings. The lowest BCUT2D eigenvalue weighted by atomic mass is 10.2. The highest BCUT2D eigenvalue weighted by molar-refractivity contribution is 5.94. The molecule has 1 heterocycles. The van der Waals surface area contributed by atoms with E-state index >= 15 is 0 Å². The standard InChI is InChI=1S/C16H24N4O3/c1-6-9(3)15(17)20-16(22)14-10(4)18-8-12(19-14)13(7-2)23-11(5)21/h8,13H,6-7,17H2,1-5H3,(H,20,22).